The van der Waals surface area contributed by atoms with E-state index in [0.717, 1.165) is 4.47 Å². The van der Waals surface area contributed by atoms with Crippen LogP contribution in [0.25, 0.3) is 0 Å². The Hall–Kier alpha value is -1.92. The average Bonchev–Trinajstić information content (AvgIpc) is 2.55. The Morgan fingerprint density at radius 2 is 1.88 bits per heavy atom. The van der Waals surface area contributed by atoms with Gasteiger partial charge in [-0.2, -0.15) is 0 Å². The van der Waals surface area contributed by atoms with Crippen LogP contribution in [0.3, 0.4) is 0 Å². The molecule has 2 rings (SSSR count). The molecule has 4 nitrogen and oxygen atoms in total. The molecule has 26 heavy (non-hydrogen) atoms. The molecule has 0 saturated carbocycles. The van der Waals surface area contributed by atoms with E-state index in [1.807, 2.05) is 0 Å². The lowest BCUT2D eigenvalue weighted by atomic mass is 10.0. The number of halogens is 3. The Kier molecular flexibility index (Phi) is 6.78. The lowest BCUT2D eigenvalue weighted by Crippen LogP contribution is -2.46. The van der Waals surface area contributed by atoms with E-state index in [2.05, 4.69) is 21.2 Å². The van der Waals surface area contributed by atoms with Crippen molar-refractivity contribution in [2.24, 2.45) is 5.92 Å². The molecule has 1 amide bonds. The van der Waals surface area contributed by atoms with Crippen LogP contribution in [0.1, 0.15) is 29.8 Å². The number of nitrogens with one attached hydrogen (secondary N) is 1. The zero-order chi connectivity index (χ0) is 19.4. The minimum Gasteiger partial charge on any atom is -0.423 e. The summed E-state index contributed by atoms with van der Waals surface area (Å²) in [7, 11) is 0. The maximum absolute atomic E-state index is 13.8. The molecular weight excluding hydrogens is 425 g/mol. The van der Waals surface area contributed by atoms with Gasteiger partial charge < -0.3 is 10.1 Å². The summed E-state index contributed by atoms with van der Waals surface area (Å²) in [6.45, 7) is 5.26. The summed E-state index contributed by atoms with van der Waals surface area (Å²) in [6, 6.07) is 7.98. The average molecular weight is 443 g/mol. The van der Waals surface area contributed by atoms with Gasteiger partial charge in [-0.3, -0.25) is 4.79 Å². The van der Waals surface area contributed by atoms with E-state index in [1.54, 1.807) is 39.0 Å². The normalized spacial score (nSPS) is 12.0. The van der Waals surface area contributed by atoms with Gasteiger partial charge in [0.1, 0.15) is 11.9 Å². The first-order valence-electron chi connectivity index (χ1n) is 7.93. The molecule has 1 N–H and O–H groups in total. The number of hydrogen-bond donors (Lipinski definition) is 1. The zero-order valence-corrected chi connectivity index (χ0v) is 16.8. The summed E-state index contributed by atoms with van der Waals surface area (Å²) >= 11 is 9.45. The summed E-state index contributed by atoms with van der Waals surface area (Å²) in [5, 5.41) is 2.81. The van der Waals surface area contributed by atoms with E-state index in [1.165, 1.54) is 18.2 Å². The number of ether oxygens (including phenoxy) is 1. The van der Waals surface area contributed by atoms with Gasteiger partial charge in [-0.05, 0) is 42.7 Å². The Morgan fingerprint density at radius 3 is 2.46 bits per heavy atom. The van der Waals surface area contributed by atoms with E-state index < -0.39 is 23.7 Å². The van der Waals surface area contributed by atoms with Gasteiger partial charge in [0.05, 0.1) is 10.6 Å². The van der Waals surface area contributed by atoms with Gasteiger partial charge in [-0.25, -0.2) is 9.18 Å². The second-order valence-corrected chi connectivity index (χ2v) is 7.45. The number of benzene rings is 2. The Bertz CT molecular complexity index is 818. The van der Waals surface area contributed by atoms with Crippen LogP contribution in [-0.4, -0.2) is 17.9 Å². The van der Waals surface area contributed by atoms with Crippen LogP contribution in [0.4, 0.5) is 4.39 Å². The van der Waals surface area contributed by atoms with Crippen LogP contribution in [0.15, 0.2) is 40.9 Å². The zero-order valence-electron chi connectivity index (χ0n) is 14.5. The second-order valence-electron chi connectivity index (χ2n) is 6.13. The fraction of sp³-hybridized carbons (Fsp3) is 0.263. The Labute approximate surface area is 164 Å². The molecule has 138 valence electrons. The second kappa shape index (κ2) is 8.64. The Morgan fingerprint density at radius 1 is 1.23 bits per heavy atom. The van der Waals surface area contributed by atoms with Gasteiger partial charge in [0, 0.05) is 4.47 Å². The van der Waals surface area contributed by atoms with Crippen molar-refractivity contribution in [3.05, 3.63) is 62.8 Å². The molecule has 0 saturated heterocycles. The van der Waals surface area contributed by atoms with Gasteiger partial charge in [0.2, 0.25) is 0 Å². The summed E-state index contributed by atoms with van der Waals surface area (Å²) in [5.74, 6) is -2.06. The maximum Gasteiger partial charge on any atom is 0.334 e. The van der Waals surface area contributed by atoms with Gasteiger partial charge in [0.25, 0.3) is 5.91 Å². The summed E-state index contributed by atoms with van der Waals surface area (Å²) in [6.07, 6.45) is 0. The van der Waals surface area contributed by atoms with Gasteiger partial charge in [-0.15, -0.1) is 0 Å². The fourth-order valence-electron chi connectivity index (χ4n) is 2.34. The Balaban J connectivity index is 2.21. The minimum absolute atomic E-state index is 0.135. The fourth-order valence-corrected chi connectivity index (χ4v) is 3.35. The smallest absolute Gasteiger partial charge is 0.334 e. The van der Waals surface area contributed by atoms with Crippen molar-refractivity contribution in [2.45, 2.75) is 26.8 Å². The molecule has 0 heterocycles. The molecule has 2 aromatic carbocycles. The lowest BCUT2D eigenvalue weighted by Gasteiger charge is -2.21. The monoisotopic (exact) mass is 441 g/mol. The predicted molar refractivity (Wildman–Crippen MR) is 102 cm³/mol. The van der Waals surface area contributed by atoms with Gasteiger partial charge >= 0.3 is 5.97 Å². The summed E-state index contributed by atoms with van der Waals surface area (Å²) in [4.78, 5) is 24.9. The summed E-state index contributed by atoms with van der Waals surface area (Å²) in [5.41, 5.74) is 0.532. The molecule has 0 spiro atoms. The van der Waals surface area contributed by atoms with Crippen LogP contribution >= 0.6 is 27.5 Å². The highest BCUT2D eigenvalue weighted by Gasteiger charge is 2.28. The van der Waals surface area contributed by atoms with E-state index >= 15 is 0 Å². The number of rotatable bonds is 5. The van der Waals surface area contributed by atoms with Gasteiger partial charge in [-0.1, -0.05) is 53.5 Å². The molecule has 1 atom stereocenters. The molecular formula is C19H18BrClFNO3. The quantitative estimate of drug-likeness (QED) is 0.529. The molecule has 0 bridgehead atoms. The van der Waals surface area contributed by atoms with E-state index in [-0.39, 0.29) is 22.3 Å². The first-order valence-corrected chi connectivity index (χ1v) is 9.10. The van der Waals surface area contributed by atoms with Crippen molar-refractivity contribution >= 4 is 39.4 Å². The van der Waals surface area contributed by atoms with Crippen molar-refractivity contribution in [3.8, 4) is 5.75 Å². The van der Waals surface area contributed by atoms with Crippen molar-refractivity contribution in [3.63, 3.8) is 0 Å². The molecule has 0 radical (unpaired) electrons. The minimum atomic E-state index is -0.957. The summed E-state index contributed by atoms with van der Waals surface area (Å²) < 4.78 is 20.0. The number of hydrogen-bond acceptors (Lipinski definition) is 3. The highest BCUT2D eigenvalue weighted by Crippen LogP contribution is 2.32. The third kappa shape index (κ3) is 4.83. The number of carbonyl (C=O) groups is 2. The van der Waals surface area contributed by atoms with Crippen LogP contribution < -0.4 is 10.1 Å². The molecule has 2 aromatic rings. The highest BCUT2D eigenvalue weighted by molar-refractivity contribution is 9.10. The molecule has 0 aliphatic rings. The number of esters is 1. The molecule has 1 unspecified atom stereocenters. The first kappa shape index (κ1) is 20.4. The lowest BCUT2D eigenvalue weighted by molar-refractivity contribution is -0.137. The molecule has 0 aromatic heterocycles. The van der Waals surface area contributed by atoms with Crippen LogP contribution in [-0.2, 0) is 4.79 Å². The number of amides is 1. The number of carbonyl (C=O) groups excluding carboxylic acids is 2. The van der Waals surface area contributed by atoms with Crippen molar-refractivity contribution in [1.29, 1.82) is 0 Å². The maximum atomic E-state index is 13.8. The number of aryl methyl sites for hydroxylation is 1. The van der Waals surface area contributed by atoms with E-state index in [4.69, 9.17) is 16.3 Å². The van der Waals surface area contributed by atoms with E-state index in [0.29, 0.717) is 5.56 Å². The van der Waals surface area contributed by atoms with Crippen molar-refractivity contribution in [1.82, 2.24) is 5.32 Å². The molecule has 7 heteroatoms. The SMILES string of the molecule is Cc1cc(Br)cc(Cl)c1OC(=O)C(NC(=O)c1ccccc1F)C(C)C. The topological polar surface area (TPSA) is 55.4 Å². The van der Waals surface area contributed by atoms with Crippen LogP contribution in [0.2, 0.25) is 5.02 Å². The first-order chi connectivity index (χ1) is 12.2. The van der Waals surface area contributed by atoms with Crippen molar-refractivity contribution < 1.29 is 18.7 Å². The third-order valence-electron chi connectivity index (χ3n) is 3.72. The van der Waals surface area contributed by atoms with Gasteiger partial charge in [0.15, 0.2) is 5.75 Å². The standard InChI is InChI=1S/C19H18BrClFNO3/c1-10(2)16(23-18(24)13-6-4-5-7-15(13)22)19(25)26-17-11(3)8-12(20)9-14(17)21/h4-10,16H,1-3H3,(H,23,24). The largest absolute Gasteiger partial charge is 0.423 e. The molecule has 0 aliphatic carbocycles. The third-order valence-corrected chi connectivity index (χ3v) is 4.46. The van der Waals surface area contributed by atoms with E-state index in [9.17, 15) is 14.0 Å². The van der Waals surface area contributed by atoms with Crippen molar-refractivity contribution in [2.75, 3.05) is 0 Å². The van der Waals surface area contributed by atoms with Crippen LogP contribution in [0.5, 0.6) is 5.75 Å². The molecule has 0 fully saturated rings. The molecule has 0 aliphatic heterocycles. The van der Waals surface area contributed by atoms with Crippen LogP contribution in [0, 0.1) is 18.7 Å². The highest BCUT2D eigenvalue weighted by atomic mass is 79.9. The predicted octanol–water partition coefficient (Wildman–Crippen LogP) is 4.91.